The van der Waals surface area contributed by atoms with Gasteiger partial charge >= 0.3 is 0 Å². The van der Waals surface area contributed by atoms with Gasteiger partial charge in [0, 0.05) is 18.7 Å². The van der Waals surface area contributed by atoms with Gasteiger partial charge in [-0.15, -0.1) is 0 Å². The van der Waals surface area contributed by atoms with Crippen LogP contribution in [0.5, 0.6) is 5.75 Å². The quantitative estimate of drug-likeness (QED) is 0.608. The number of hydrogen-bond acceptors (Lipinski definition) is 4. The van der Waals surface area contributed by atoms with Gasteiger partial charge in [-0.05, 0) is 49.2 Å². The molecule has 0 aliphatic heterocycles. The van der Waals surface area contributed by atoms with Crippen LogP contribution >= 0.6 is 0 Å². The van der Waals surface area contributed by atoms with E-state index in [2.05, 4.69) is 17.0 Å². The second kappa shape index (κ2) is 10.1. The van der Waals surface area contributed by atoms with Crippen molar-refractivity contribution in [1.82, 2.24) is 4.72 Å². The van der Waals surface area contributed by atoms with E-state index in [1.165, 1.54) is 12.1 Å². The molecule has 0 saturated heterocycles. The minimum atomic E-state index is -3.60. The molecule has 0 saturated carbocycles. The summed E-state index contributed by atoms with van der Waals surface area (Å²) in [4.78, 5) is 12.3. The molecule has 2 aromatic carbocycles. The summed E-state index contributed by atoms with van der Waals surface area (Å²) < 4.78 is 32.3. The summed E-state index contributed by atoms with van der Waals surface area (Å²) in [6.45, 7) is 4.69. The van der Waals surface area contributed by atoms with Crippen LogP contribution in [0.4, 0.5) is 5.69 Å². The number of anilines is 1. The van der Waals surface area contributed by atoms with Crippen LogP contribution in [0.3, 0.4) is 0 Å². The van der Waals surface area contributed by atoms with Crippen LogP contribution in [0, 0.1) is 6.92 Å². The third kappa shape index (κ3) is 6.69. The number of rotatable bonds is 10. The molecule has 0 radical (unpaired) electrons. The SMILES string of the molecule is CCCCOc1ccc(NC(=O)CCNS(=O)(=O)c2ccccc2)c(C)c1. The van der Waals surface area contributed by atoms with Crippen LogP contribution in [-0.4, -0.2) is 27.5 Å². The Balaban J connectivity index is 1.83. The Labute approximate surface area is 161 Å². The first-order valence-corrected chi connectivity index (χ1v) is 10.5. The number of hydrogen-bond donors (Lipinski definition) is 2. The lowest BCUT2D eigenvalue weighted by atomic mass is 10.2. The average Bonchev–Trinajstić information content (AvgIpc) is 2.65. The van der Waals surface area contributed by atoms with Gasteiger partial charge in [0.15, 0.2) is 0 Å². The second-order valence-electron chi connectivity index (χ2n) is 6.19. The Bertz CT molecular complexity index is 852. The fourth-order valence-corrected chi connectivity index (χ4v) is 3.45. The third-order valence-corrected chi connectivity index (χ3v) is 5.41. The van der Waals surface area contributed by atoms with Gasteiger partial charge in [-0.3, -0.25) is 4.79 Å². The number of nitrogens with one attached hydrogen (secondary N) is 2. The zero-order valence-corrected chi connectivity index (χ0v) is 16.5. The van der Waals surface area contributed by atoms with E-state index in [0.29, 0.717) is 12.3 Å². The van der Waals surface area contributed by atoms with Crippen LogP contribution in [-0.2, 0) is 14.8 Å². The molecule has 0 bridgehead atoms. The summed E-state index contributed by atoms with van der Waals surface area (Å²) in [5.41, 5.74) is 1.58. The number of sulfonamides is 1. The highest BCUT2D eigenvalue weighted by atomic mass is 32.2. The Kier molecular flexibility index (Phi) is 7.82. The van der Waals surface area contributed by atoms with Crippen LogP contribution in [0.15, 0.2) is 53.4 Å². The molecule has 27 heavy (non-hydrogen) atoms. The first kappa shape index (κ1) is 20.9. The highest BCUT2D eigenvalue weighted by Gasteiger charge is 2.13. The highest BCUT2D eigenvalue weighted by molar-refractivity contribution is 7.89. The number of unbranched alkanes of at least 4 members (excludes halogenated alkanes) is 1. The fraction of sp³-hybridized carbons (Fsp3) is 0.350. The molecule has 0 aromatic heterocycles. The Morgan fingerprint density at radius 3 is 2.52 bits per heavy atom. The van der Waals surface area contributed by atoms with Crippen LogP contribution in [0.2, 0.25) is 0 Å². The van der Waals surface area contributed by atoms with Crippen molar-refractivity contribution in [2.24, 2.45) is 0 Å². The summed E-state index contributed by atoms with van der Waals surface area (Å²) in [5, 5.41) is 2.80. The number of carbonyl (C=O) groups is 1. The molecular formula is C20H26N2O4S. The normalized spacial score (nSPS) is 11.2. The maximum Gasteiger partial charge on any atom is 0.240 e. The molecule has 1 amide bonds. The molecule has 2 rings (SSSR count). The van der Waals surface area contributed by atoms with Crippen molar-refractivity contribution in [2.45, 2.75) is 38.0 Å². The molecule has 0 unspecified atom stereocenters. The van der Waals surface area contributed by atoms with Gasteiger partial charge < -0.3 is 10.1 Å². The molecule has 0 spiro atoms. The van der Waals surface area contributed by atoms with Gasteiger partial charge in [-0.25, -0.2) is 13.1 Å². The van der Waals surface area contributed by atoms with Crippen molar-refractivity contribution in [3.05, 3.63) is 54.1 Å². The number of benzene rings is 2. The number of amides is 1. The Morgan fingerprint density at radius 1 is 1.11 bits per heavy atom. The van der Waals surface area contributed by atoms with Gasteiger partial charge in [-0.2, -0.15) is 0 Å². The monoisotopic (exact) mass is 390 g/mol. The largest absolute Gasteiger partial charge is 0.494 e. The zero-order chi connectivity index (χ0) is 19.7. The molecule has 0 aliphatic rings. The van der Waals surface area contributed by atoms with E-state index in [1.807, 2.05) is 19.1 Å². The maximum absolute atomic E-state index is 12.1. The van der Waals surface area contributed by atoms with Gasteiger partial charge in [-0.1, -0.05) is 31.5 Å². The van der Waals surface area contributed by atoms with Crippen LogP contribution < -0.4 is 14.8 Å². The van der Waals surface area contributed by atoms with Crippen molar-refractivity contribution in [1.29, 1.82) is 0 Å². The van der Waals surface area contributed by atoms with E-state index >= 15 is 0 Å². The fourth-order valence-electron chi connectivity index (χ4n) is 2.40. The lowest BCUT2D eigenvalue weighted by Crippen LogP contribution is -2.27. The lowest BCUT2D eigenvalue weighted by Gasteiger charge is -2.12. The van der Waals surface area contributed by atoms with Gasteiger partial charge in [0.1, 0.15) is 5.75 Å². The van der Waals surface area contributed by atoms with E-state index in [9.17, 15) is 13.2 Å². The van der Waals surface area contributed by atoms with E-state index in [4.69, 9.17) is 4.74 Å². The molecule has 0 aliphatic carbocycles. The highest BCUT2D eigenvalue weighted by Crippen LogP contribution is 2.21. The van der Waals surface area contributed by atoms with Crippen molar-refractivity contribution in [2.75, 3.05) is 18.5 Å². The predicted octanol–water partition coefficient (Wildman–Crippen LogP) is 3.48. The number of carbonyl (C=O) groups excluding carboxylic acids is 1. The second-order valence-corrected chi connectivity index (χ2v) is 7.95. The Hall–Kier alpha value is -2.38. The molecule has 0 fully saturated rings. The van der Waals surface area contributed by atoms with E-state index in [0.717, 1.165) is 24.2 Å². The predicted molar refractivity (Wildman–Crippen MR) is 106 cm³/mol. The molecular weight excluding hydrogens is 364 g/mol. The lowest BCUT2D eigenvalue weighted by molar-refractivity contribution is -0.116. The summed E-state index contributed by atoms with van der Waals surface area (Å²) in [5.74, 6) is 0.517. The molecule has 0 heterocycles. The van der Waals surface area contributed by atoms with Crippen molar-refractivity contribution >= 4 is 21.6 Å². The van der Waals surface area contributed by atoms with Gasteiger partial charge in [0.2, 0.25) is 15.9 Å². The zero-order valence-electron chi connectivity index (χ0n) is 15.7. The van der Waals surface area contributed by atoms with Crippen LogP contribution in [0.1, 0.15) is 31.7 Å². The van der Waals surface area contributed by atoms with Crippen LogP contribution in [0.25, 0.3) is 0 Å². The molecule has 7 heteroatoms. The maximum atomic E-state index is 12.1. The summed E-state index contributed by atoms with van der Waals surface area (Å²) in [6.07, 6.45) is 2.11. The van der Waals surface area contributed by atoms with Crippen molar-refractivity contribution in [3.8, 4) is 5.75 Å². The summed E-state index contributed by atoms with van der Waals surface area (Å²) >= 11 is 0. The molecule has 2 N–H and O–H groups in total. The smallest absolute Gasteiger partial charge is 0.240 e. The van der Waals surface area contributed by atoms with Gasteiger partial charge in [0.05, 0.1) is 11.5 Å². The molecule has 0 atom stereocenters. The minimum Gasteiger partial charge on any atom is -0.494 e. The van der Waals surface area contributed by atoms with Crippen molar-refractivity contribution < 1.29 is 17.9 Å². The molecule has 146 valence electrons. The third-order valence-electron chi connectivity index (χ3n) is 3.94. The van der Waals surface area contributed by atoms with E-state index in [1.54, 1.807) is 24.3 Å². The van der Waals surface area contributed by atoms with Crippen molar-refractivity contribution in [3.63, 3.8) is 0 Å². The topological polar surface area (TPSA) is 84.5 Å². The minimum absolute atomic E-state index is 0.0281. The van der Waals surface area contributed by atoms with E-state index in [-0.39, 0.29) is 23.8 Å². The number of ether oxygens (including phenoxy) is 1. The Morgan fingerprint density at radius 2 is 1.85 bits per heavy atom. The average molecular weight is 391 g/mol. The molecule has 6 nitrogen and oxygen atoms in total. The first-order valence-electron chi connectivity index (χ1n) is 9.00. The standard InChI is InChI=1S/C20H26N2O4S/c1-3-4-14-26-17-10-11-19(16(2)15-17)22-20(23)12-13-21-27(24,25)18-8-6-5-7-9-18/h5-11,15,21H,3-4,12-14H2,1-2H3,(H,22,23). The van der Waals surface area contributed by atoms with E-state index < -0.39 is 10.0 Å². The van der Waals surface area contributed by atoms with Gasteiger partial charge in [0.25, 0.3) is 0 Å². The summed E-state index contributed by atoms with van der Waals surface area (Å²) in [7, 11) is -3.60. The first-order chi connectivity index (χ1) is 12.9. The number of aryl methyl sites for hydroxylation is 1. The summed E-state index contributed by atoms with van der Waals surface area (Å²) in [6, 6.07) is 13.6. The molecule has 2 aromatic rings.